The molecule has 2 aromatic carbocycles. The number of hydrogen-bond donors (Lipinski definition) is 4. The molecule has 7 nitrogen and oxygen atoms in total. The average Bonchev–Trinajstić information content (AvgIpc) is 2.96. The van der Waals surface area contributed by atoms with Crippen molar-refractivity contribution in [2.75, 3.05) is 11.9 Å². The molecule has 7 heteroatoms. The summed E-state index contributed by atoms with van der Waals surface area (Å²) in [6, 6.07) is 12.5. The van der Waals surface area contributed by atoms with E-state index in [1.807, 2.05) is 36.4 Å². The van der Waals surface area contributed by atoms with Crippen molar-refractivity contribution < 1.29 is 14.3 Å². The maximum Gasteiger partial charge on any atom is 0.317 e. The van der Waals surface area contributed by atoms with Crippen molar-refractivity contribution in [2.24, 2.45) is 11.5 Å². The van der Waals surface area contributed by atoms with Crippen LogP contribution in [-0.4, -0.2) is 23.5 Å². The predicted molar refractivity (Wildman–Crippen MR) is 101 cm³/mol. The number of nitrogens with one attached hydrogen (secondary N) is 2. The number of amides is 3. The van der Waals surface area contributed by atoms with Crippen molar-refractivity contribution >= 4 is 28.7 Å². The number of aromatic nitrogens is 1. The molecule has 3 aromatic rings. The summed E-state index contributed by atoms with van der Waals surface area (Å²) < 4.78 is 5.67. The van der Waals surface area contributed by atoms with E-state index in [9.17, 15) is 9.59 Å². The second kappa shape index (κ2) is 7.18. The number of primary amides is 2. The van der Waals surface area contributed by atoms with E-state index >= 15 is 0 Å². The Kier molecular flexibility index (Phi) is 4.79. The summed E-state index contributed by atoms with van der Waals surface area (Å²) in [6.07, 6.45) is 0.935. The number of hydrogen-bond acceptors (Lipinski definition) is 3. The van der Waals surface area contributed by atoms with E-state index < -0.39 is 11.9 Å². The molecule has 0 aliphatic carbocycles. The molecule has 0 aliphatic heterocycles. The largest absolute Gasteiger partial charge is 0.494 e. The highest BCUT2D eigenvalue weighted by Gasteiger charge is 2.17. The fraction of sp³-hybridized carbons (Fsp3) is 0.158. The normalized spacial score (nSPS) is 10.7. The molecule has 0 fully saturated rings. The first-order valence-corrected chi connectivity index (χ1v) is 8.24. The molecule has 26 heavy (non-hydrogen) atoms. The van der Waals surface area contributed by atoms with Crippen LogP contribution in [0.4, 0.5) is 10.6 Å². The monoisotopic (exact) mass is 352 g/mol. The molecule has 6 N–H and O–H groups in total. The molecule has 0 aliphatic rings. The molecule has 0 saturated heterocycles. The first kappa shape index (κ1) is 17.3. The lowest BCUT2D eigenvalue weighted by molar-refractivity contribution is 0.100. The van der Waals surface area contributed by atoms with Crippen LogP contribution in [0.5, 0.6) is 5.75 Å². The average molecular weight is 352 g/mol. The summed E-state index contributed by atoms with van der Waals surface area (Å²) in [4.78, 5) is 25.9. The van der Waals surface area contributed by atoms with Gasteiger partial charge in [0.25, 0.3) is 5.91 Å². The Labute approximate surface area is 150 Å². The van der Waals surface area contributed by atoms with Crippen LogP contribution in [0.3, 0.4) is 0 Å². The minimum absolute atomic E-state index is 0.192. The maximum atomic E-state index is 11.8. The zero-order valence-electron chi connectivity index (χ0n) is 14.3. The summed E-state index contributed by atoms with van der Waals surface area (Å²) in [7, 11) is 0. The number of carbonyl (C=O) groups excluding carboxylic acids is 2. The van der Waals surface area contributed by atoms with Gasteiger partial charge in [-0.05, 0) is 35.7 Å². The summed E-state index contributed by atoms with van der Waals surface area (Å²) >= 11 is 0. The Balaban J connectivity index is 2.04. The topological polar surface area (TPSA) is 123 Å². The minimum atomic E-state index is -0.778. The van der Waals surface area contributed by atoms with Gasteiger partial charge in [-0.2, -0.15) is 0 Å². The van der Waals surface area contributed by atoms with Crippen molar-refractivity contribution in [1.82, 2.24) is 4.98 Å². The molecule has 0 saturated carbocycles. The van der Waals surface area contributed by atoms with Crippen molar-refractivity contribution in [3.8, 4) is 16.9 Å². The highest BCUT2D eigenvalue weighted by atomic mass is 16.5. The third-order valence-electron chi connectivity index (χ3n) is 3.93. The van der Waals surface area contributed by atoms with Crippen molar-refractivity contribution in [2.45, 2.75) is 13.3 Å². The van der Waals surface area contributed by atoms with E-state index in [4.69, 9.17) is 16.2 Å². The maximum absolute atomic E-state index is 11.8. The molecule has 3 amide bonds. The van der Waals surface area contributed by atoms with E-state index in [-0.39, 0.29) is 11.4 Å². The summed E-state index contributed by atoms with van der Waals surface area (Å²) in [6.45, 7) is 2.71. The second-order valence-electron chi connectivity index (χ2n) is 5.87. The lowest BCUT2D eigenvalue weighted by atomic mass is 10.0. The van der Waals surface area contributed by atoms with E-state index in [0.29, 0.717) is 17.5 Å². The number of ether oxygens (including phenoxy) is 1. The first-order chi connectivity index (χ1) is 12.5. The SMILES string of the molecule is CCCOc1cccc(-c2ccc3c(C(N)=O)c(NC(N)=O)[nH]c3c2)c1. The molecular formula is C19H20N4O3. The molecule has 0 atom stereocenters. The van der Waals surface area contributed by atoms with Crippen molar-refractivity contribution in [1.29, 1.82) is 0 Å². The summed E-state index contributed by atoms with van der Waals surface area (Å²) in [5.74, 6) is 0.338. The van der Waals surface area contributed by atoms with Gasteiger partial charge in [-0.25, -0.2) is 4.79 Å². The number of anilines is 1. The lowest BCUT2D eigenvalue weighted by Crippen LogP contribution is -2.22. The Morgan fingerprint density at radius 1 is 1.12 bits per heavy atom. The fourth-order valence-electron chi connectivity index (χ4n) is 2.84. The second-order valence-corrected chi connectivity index (χ2v) is 5.87. The fourth-order valence-corrected chi connectivity index (χ4v) is 2.84. The number of urea groups is 1. The minimum Gasteiger partial charge on any atom is -0.494 e. The molecule has 1 heterocycles. The van der Waals surface area contributed by atoms with Crippen LogP contribution in [0, 0.1) is 0 Å². The van der Waals surface area contributed by atoms with Gasteiger partial charge >= 0.3 is 6.03 Å². The smallest absolute Gasteiger partial charge is 0.317 e. The highest BCUT2D eigenvalue weighted by molar-refractivity contribution is 6.13. The van der Waals surface area contributed by atoms with Gasteiger partial charge in [0.15, 0.2) is 0 Å². The molecule has 0 radical (unpaired) electrons. The van der Waals surface area contributed by atoms with Gasteiger partial charge in [0.1, 0.15) is 11.6 Å². The first-order valence-electron chi connectivity index (χ1n) is 8.24. The third kappa shape index (κ3) is 3.46. The van der Waals surface area contributed by atoms with Crippen molar-refractivity contribution in [3.63, 3.8) is 0 Å². The Morgan fingerprint density at radius 3 is 2.58 bits per heavy atom. The number of benzene rings is 2. The molecule has 134 valence electrons. The van der Waals surface area contributed by atoms with Gasteiger partial charge in [0.2, 0.25) is 0 Å². The lowest BCUT2D eigenvalue weighted by Gasteiger charge is -2.07. The molecular weight excluding hydrogens is 332 g/mol. The number of rotatable bonds is 6. The predicted octanol–water partition coefficient (Wildman–Crippen LogP) is 3.21. The van der Waals surface area contributed by atoms with Crippen LogP contribution in [-0.2, 0) is 0 Å². The van der Waals surface area contributed by atoms with Gasteiger partial charge in [-0.15, -0.1) is 0 Å². The quantitative estimate of drug-likeness (QED) is 0.544. The Morgan fingerprint density at radius 2 is 1.88 bits per heavy atom. The number of aromatic amines is 1. The van der Waals surface area contributed by atoms with E-state index in [1.165, 1.54) is 0 Å². The number of carbonyl (C=O) groups is 2. The molecule has 0 spiro atoms. The third-order valence-corrected chi connectivity index (χ3v) is 3.93. The van der Waals surface area contributed by atoms with E-state index in [2.05, 4.69) is 17.2 Å². The van der Waals surface area contributed by atoms with E-state index in [1.54, 1.807) is 6.07 Å². The number of nitrogens with two attached hydrogens (primary N) is 2. The summed E-state index contributed by atoms with van der Waals surface area (Å²) in [5.41, 5.74) is 13.4. The van der Waals surface area contributed by atoms with Crippen LogP contribution >= 0.6 is 0 Å². The van der Waals surface area contributed by atoms with Crippen LogP contribution in [0.25, 0.3) is 22.0 Å². The Bertz CT molecular complexity index is 978. The van der Waals surface area contributed by atoms with Crippen LogP contribution in [0.1, 0.15) is 23.7 Å². The number of H-pyrrole nitrogens is 1. The molecule has 3 rings (SSSR count). The highest BCUT2D eigenvalue weighted by Crippen LogP contribution is 2.31. The zero-order chi connectivity index (χ0) is 18.7. The van der Waals surface area contributed by atoms with Gasteiger partial charge in [0, 0.05) is 10.9 Å². The van der Waals surface area contributed by atoms with Crippen LogP contribution in [0.2, 0.25) is 0 Å². The van der Waals surface area contributed by atoms with Crippen LogP contribution in [0.15, 0.2) is 42.5 Å². The standard InChI is InChI=1S/C19H20N4O3/c1-2-8-26-13-5-3-4-11(9-13)12-6-7-14-15(10-12)22-18(23-19(21)25)16(14)17(20)24/h3-7,9-10,22H,2,8H2,1H3,(H2,20,24)(H3,21,23,25). The molecule has 0 bridgehead atoms. The van der Waals surface area contributed by atoms with Gasteiger partial charge in [-0.3, -0.25) is 10.1 Å². The molecule has 1 aromatic heterocycles. The number of fused-ring (bicyclic) bond motifs is 1. The zero-order valence-corrected chi connectivity index (χ0v) is 14.3. The van der Waals surface area contributed by atoms with Crippen molar-refractivity contribution in [3.05, 3.63) is 48.0 Å². The van der Waals surface area contributed by atoms with Crippen LogP contribution < -0.4 is 21.5 Å². The van der Waals surface area contributed by atoms with Gasteiger partial charge in [-0.1, -0.05) is 31.2 Å². The van der Waals surface area contributed by atoms with E-state index in [0.717, 1.165) is 23.3 Å². The summed E-state index contributed by atoms with van der Waals surface area (Å²) in [5, 5.41) is 3.01. The van der Waals surface area contributed by atoms with Gasteiger partial charge in [0.05, 0.1) is 12.2 Å². The molecule has 0 unspecified atom stereocenters. The Hall–Kier alpha value is -3.48. The van der Waals surface area contributed by atoms with Gasteiger partial charge < -0.3 is 21.2 Å².